The third kappa shape index (κ3) is 3.10. The first-order valence-electron chi connectivity index (χ1n) is 8.57. The summed E-state index contributed by atoms with van der Waals surface area (Å²) in [5.41, 5.74) is 2.99. The number of allylic oxidation sites excluding steroid dienone is 1. The maximum Gasteiger partial charge on any atom is 0.150 e. The van der Waals surface area contributed by atoms with Crippen molar-refractivity contribution in [1.29, 1.82) is 0 Å². The summed E-state index contributed by atoms with van der Waals surface area (Å²) in [5, 5.41) is 0. The van der Waals surface area contributed by atoms with Crippen LogP contribution < -0.4 is 9.47 Å². The number of para-hydroxylation sites is 1. The van der Waals surface area contributed by atoms with Gasteiger partial charge in [-0.1, -0.05) is 30.3 Å². The maximum atomic E-state index is 13.4. The van der Waals surface area contributed by atoms with E-state index in [0.29, 0.717) is 17.1 Å². The topological polar surface area (TPSA) is 35.5 Å². The van der Waals surface area contributed by atoms with Crippen LogP contribution in [0.15, 0.2) is 78.4 Å². The quantitative estimate of drug-likeness (QED) is 0.616. The number of hydrogen-bond acceptors (Lipinski definition) is 3. The number of fused-ring (bicyclic) bond motifs is 1. The minimum Gasteiger partial charge on any atom is -0.497 e. The molecule has 3 aromatic carbocycles. The summed E-state index contributed by atoms with van der Waals surface area (Å²) >= 11 is 0. The van der Waals surface area contributed by atoms with Crippen molar-refractivity contribution in [1.82, 2.24) is 0 Å². The molecule has 1 heterocycles. The van der Waals surface area contributed by atoms with E-state index >= 15 is 0 Å². The van der Waals surface area contributed by atoms with E-state index in [-0.39, 0.29) is 11.7 Å². The number of ether oxygens (including phenoxy) is 2. The van der Waals surface area contributed by atoms with E-state index in [0.717, 1.165) is 28.7 Å². The Bertz CT molecular complexity index is 1000. The average Bonchev–Trinajstić information content (AvgIpc) is 2.73. The molecule has 0 aromatic heterocycles. The van der Waals surface area contributed by atoms with E-state index in [1.54, 1.807) is 19.2 Å². The summed E-state index contributed by atoms with van der Waals surface area (Å²) < 4.78 is 24.7. The molecule has 0 fully saturated rings. The highest BCUT2D eigenvalue weighted by atomic mass is 19.1. The van der Waals surface area contributed by atoms with Crippen LogP contribution >= 0.6 is 0 Å². The molecule has 4 rings (SSSR count). The first kappa shape index (κ1) is 17.0. The van der Waals surface area contributed by atoms with Gasteiger partial charge in [0.2, 0.25) is 0 Å². The Kier molecular flexibility index (Phi) is 4.47. The van der Waals surface area contributed by atoms with Crippen LogP contribution in [0.25, 0.3) is 5.76 Å². The summed E-state index contributed by atoms with van der Waals surface area (Å²) in [6.07, 6.45) is 0.823. The molecule has 1 atom stereocenters. The second kappa shape index (κ2) is 7.08. The van der Waals surface area contributed by atoms with Crippen molar-refractivity contribution < 1.29 is 18.7 Å². The van der Waals surface area contributed by atoms with Gasteiger partial charge in [0.05, 0.1) is 7.11 Å². The van der Waals surface area contributed by atoms with Gasteiger partial charge in [-0.3, -0.25) is 4.79 Å². The SMILES string of the molecule is COc1ccc(C2=C(C=O)[C@H](c3ccc(F)cc3)c3ccccc3O2)cc1. The molecule has 0 saturated carbocycles. The minimum absolute atomic E-state index is 0.314. The van der Waals surface area contributed by atoms with Gasteiger partial charge in [0.1, 0.15) is 23.1 Å². The second-order valence-corrected chi connectivity index (χ2v) is 6.26. The molecule has 0 radical (unpaired) electrons. The van der Waals surface area contributed by atoms with Gasteiger partial charge in [0.25, 0.3) is 0 Å². The Hall–Kier alpha value is -3.40. The Labute approximate surface area is 156 Å². The van der Waals surface area contributed by atoms with Crippen LogP contribution in [0.1, 0.15) is 22.6 Å². The number of methoxy groups -OCH3 is 1. The molecule has 0 amide bonds. The third-order valence-electron chi connectivity index (χ3n) is 4.70. The zero-order valence-electron chi connectivity index (χ0n) is 14.7. The average molecular weight is 360 g/mol. The van der Waals surface area contributed by atoms with Crippen LogP contribution in [0.5, 0.6) is 11.5 Å². The number of hydrogen-bond donors (Lipinski definition) is 0. The number of carbonyl (C=O) groups is 1. The first-order valence-corrected chi connectivity index (χ1v) is 8.57. The Morgan fingerprint density at radius 3 is 2.33 bits per heavy atom. The van der Waals surface area contributed by atoms with Gasteiger partial charge in [-0.25, -0.2) is 4.39 Å². The number of rotatable bonds is 4. The monoisotopic (exact) mass is 360 g/mol. The minimum atomic E-state index is -0.329. The second-order valence-electron chi connectivity index (χ2n) is 6.26. The molecule has 0 saturated heterocycles. The molecule has 0 N–H and O–H groups in total. The van der Waals surface area contributed by atoms with Crippen LogP contribution in [-0.4, -0.2) is 13.4 Å². The van der Waals surface area contributed by atoms with Crippen molar-refractivity contribution in [2.45, 2.75) is 5.92 Å². The Morgan fingerprint density at radius 1 is 0.963 bits per heavy atom. The van der Waals surface area contributed by atoms with Gasteiger partial charge >= 0.3 is 0 Å². The van der Waals surface area contributed by atoms with Crippen molar-refractivity contribution in [3.05, 3.63) is 101 Å². The van der Waals surface area contributed by atoms with Gasteiger partial charge in [-0.05, 0) is 48.0 Å². The van der Waals surface area contributed by atoms with Crippen molar-refractivity contribution in [3.63, 3.8) is 0 Å². The van der Waals surface area contributed by atoms with Crippen molar-refractivity contribution in [3.8, 4) is 11.5 Å². The molecule has 0 spiro atoms. The fraction of sp³-hybridized carbons (Fsp3) is 0.0870. The molecule has 27 heavy (non-hydrogen) atoms. The van der Waals surface area contributed by atoms with Crippen molar-refractivity contribution in [2.24, 2.45) is 0 Å². The highest BCUT2D eigenvalue weighted by Crippen LogP contribution is 2.44. The lowest BCUT2D eigenvalue weighted by atomic mass is 9.82. The fourth-order valence-electron chi connectivity index (χ4n) is 3.38. The smallest absolute Gasteiger partial charge is 0.150 e. The van der Waals surface area contributed by atoms with Crippen LogP contribution in [0, 0.1) is 5.82 Å². The van der Waals surface area contributed by atoms with E-state index in [2.05, 4.69) is 0 Å². The highest BCUT2D eigenvalue weighted by Gasteiger charge is 2.31. The first-order chi connectivity index (χ1) is 13.2. The van der Waals surface area contributed by atoms with E-state index in [4.69, 9.17) is 9.47 Å². The zero-order valence-corrected chi connectivity index (χ0v) is 14.7. The van der Waals surface area contributed by atoms with Gasteiger partial charge in [0, 0.05) is 22.6 Å². The van der Waals surface area contributed by atoms with Crippen molar-refractivity contribution >= 4 is 12.0 Å². The van der Waals surface area contributed by atoms with E-state index in [1.807, 2.05) is 48.5 Å². The lowest BCUT2D eigenvalue weighted by Gasteiger charge is -2.29. The summed E-state index contributed by atoms with van der Waals surface area (Å²) in [7, 11) is 1.60. The number of halogens is 1. The summed E-state index contributed by atoms with van der Waals surface area (Å²) in [6.45, 7) is 0. The molecule has 4 heteroatoms. The normalized spacial score (nSPS) is 15.7. The fourth-order valence-corrected chi connectivity index (χ4v) is 3.38. The molecule has 3 aromatic rings. The predicted molar refractivity (Wildman–Crippen MR) is 101 cm³/mol. The van der Waals surface area contributed by atoms with Gasteiger partial charge in [-0.15, -0.1) is 0 Å². The molecule has 1 aliphatic rings. The molecular formula is C23H17FO3. The molecule has 3 nitrogen and oxygen atoms in total. The summed E-state index contributed by atoms with van der Waals surface area (Å²) in [4.78, 5) is 12.1. The molecule has 0 unspecified atom stereocenters. The molecule has 0 bridgehead atoms. The lowest BCUT2D eigenvalue weighted by molar-refractivity contribution is -0.105. The Morgan fingerprint density at radius 2 is 1.67 bits per heavy atom. The van der Waals surface area contributed by atoms with Gasteiger partial charge < -0.3 is 9.47 Å². The number of benzene rings is 3. The number of aldehydes is 1. The van der Waals surface area contributed by atoms with Gasteiger partial charge in [-0.2, -0.15) is 0 Å². The lowest BCUT2D eigenvalue weighted by Crippen LogP contribution is -2.17. The van der Waals surface area contributed by atoms with Crippen molar-refractivity contribution in [2.75, 3.05) is 7.11 Å². The molecule has 1 aliphatic heterocycles. The number of carbonyl (C=O) groups excluding carboxylic acids is 1. The third-order valence-corrected chi connectivity index (χ3v) is 4.70. The van der Waals surface area contributed by atoms with Crippen LogP contribution in [0.4, 0.5) is 4.39 Å². The largest absolute Gasteiger partial charge is 0.497 e. The molecular weight excluding hydrogens is 343 g/mol. The highest BCUT2D eigenvalue weighted by molar-refractivity contribution is 5.91. The molecule has 134 valence electrons. The summed E-state index contributed by atoms with van der Waals surface area (Å²) in [6, 6.07) is 21.2. The zero-order chi connectivity index (χ0) is 18.8. The van der Waals surface area contributed by atoms with Gasteiger partial charge in [0.15, 0.2) is 6.29 Å². The predicted octanol–water partition coefficient (Wildman–Crippen LogP) is 4.97. The Balaban J connectivity index is 1.91. The van der Waals surface area contributed by atoms with E-state index in [9.17, 15) is 9.18 Å². The van der Waals surface area contributed by atoms with E-state index < -0.39 is 0 Å². The van der Waals surface area contributed by atoms with Crippen LogP contribution in [-0.2, 0) is 4.79 Å². The standard InChI is InChI=1S/C23H17FO3/c1-26-18-12-8-16(9-13-18)23-20(14-25)22(15-6-10-17(24)11-7-15)19-4-2-3-5-21(19)27-23/h2-14,22H,1H3/t22-/m1/s1. The molecule has 0 aliphatic carbocycles. The maximum absolute atomic E-state index is 13.4. The van der Waals surface area contributed by atoms with E-state index in [1.165, 1.54) is 12.1 Å². The summed E-state index contributed by atoms with van der Waals surface area (Å²) in [5.74, 6) is 1.26. The van der Waals surface area contributed by atoms with Crippen LogP contribution in [0.2, 0.25) is 0 Å². The van der Waals surface area contributed by atoms with Crippen LogP contribution in [0.3, 0.4) is 0 Å².